The maximum atomic E-state index is 11.8. The second-order valence-corrected chi connectivity index (χ2v) is 4.11. The molecule has 1 rings (SSSR count). The lowest BCUT2D eigenvalue weighted by molar-refractivity contribution is -0.134. The zero-order valence-electron chi connectivity index (χ0n) is 9.19. The predicted octanol–water partition coefficient (Wildman–Crippen LogP) is 2.18. The first-order valence-electron chi connectivity index (χ1n) is 5.60. The molecule has 16 heavy (non-hydrogen) atoms. The SMILES string of the molecule is NC(=NCCCC(F)(F)F)NC1CCCC1. The van der Waals surface area contributed by atoms with Gasteiger partial charge < -0.3 is 11.1 Å². The molecule has 0 bridgehead atoms. The highest BCUT2D eigenvalue weighted by atomic mass is 19.4. The minimum Gasteiger partial charge on any atom is -0.370 e. The standard InChI is InChI=1S/C10H18F3N3/c11-10(12,13)6-3-7-15-9(14)16-8-4-1-2-5-8/h8H,1-7H2,(H3,14,15,16). The molecule has 0 heterocycles. The third-order valence-electron chi connectivity index (χ3n) is 2.61. The molecular formula is C10H18F3N3. The summed E-state index contributed by atoms with van der Waals surface area (Å²) in [7, 11) is 0. The fourth-order valence-corrected chi connectivity index (χ4v) is 1.80. The Morgan fingerprint density at radius 1 is 1.31 bits per heavy atom. The minimum absolute atomic E-state index is 0.00343. The average molecular weight is 237 g/mol. The average Bonchev–Trinajstić information content (AvgIpc) is 2.63. The molecule has 1 fully saturated rings. The molecule has 3 N–H and O–H groups in total. The van der Waals surface area contributed by atoms with E-state index in [4.69, 9.17) is 5.73 Å². The lowest BCUT2D eigenvalue weighted by Gasteiger charge is -2.12. The molecule has 0 aromatic carbocycles. The van der Waals surface area contributed by atoms with Crippen LogP contribution in [0.3, 0.4) is 0 Å². The molecular weight excluding hydrogens is 219 g/mol. The van der Waals surface area contributed by atoms with Crippen molar-refractivity contribution in [3.63, 3.8) is 0 Å². The number of rotatable bonds is 4. The zero-order chi connectivity index (χ0) is 12.0. The normalized spacial score (nSPS) is 19.1. The van der Waals surface area contributed by atoms with Crippen LogP contribution >= 0.6 is 0 Å². The fourth-order valence-electron chi connectivity index (χ4n) is 1.80. The van der Waals surface area contributed by atoms with E-state index < -0.39 is 12.6 Å². The van der Waals surface area contributed by atoms with Crippen LogP contribution in [-0.2, 0) is 0 Å². The second kappa shape index (κ2) is 5.96. The van der Waals surface area contributed by atoms with Gasteiger partial charge in [-0.2, -0.15) is 13.2 Å². The van der Waals surface area contributed by atoms with E-state index in [0.29, 0.717) is 6.04 Å². The number of nitrogens with zero attached hydrogens (tertiary/aromatic N) is 1. The van der Waals surface area contributed by atoms with E-state index in [1.54, 1.807) is 0 Å². The third kappa shape index (κ3) is 5.82. The summed E-state index contributed by atoms with van der Waals surface area (Å²) in [5.41, 5.74) is 5.56. The minimum atomic E-state index is -4.09. The molecule has 0 atom stereocenters. The Labute approximate surface area is 93.3 Å². The first-order valence-corrected chi connectivity index (χ1v) is 5.60. The Morgan fingerprint density at radius 3 is 2.50 bits per heavy atom. The van der Waals surface area contributed by atoms with Gasteiger partial charge in [0.2, 0.25) is 0 Å². The van der Waals surface area contributed by atoms with Crippen LogP contribution in [0.25, 0.3) is 0 Å². The molecule has 1 saturated carbocycles. The van der Waals surface area contributed by atoms with Crippen molar-refractivity contribution in [2.75, 3.05) is 6.54 Å². The van der Waals surface area contributed by atoms with Gasteiger partial charge in [-0.25, -0.2) is 0 Å². The van der Waals surface area contributed by atoms with E-state index in [9.17, 15) is 13.2 Å². The molecule has 1 aliphatic rings. The highest BCUT2D eigenvalue weighted by Crippen LogP contribution is 2.21. The van der Waals surface area contributed by atoms with Gasteiger partial charge in [0.25, 0.3) is 0 Å². The lowest BCUT2D eigenvalue weighted by atomic mass is 10.2. The van der Waals surface area contributed by atoms with Crippen LogP contribution in [0.15, 0.2) is 4.99 Å². The maximum Gasteiger partial charge on any atom is 0.389 e. The summed E-state index contributed by atoms with van der Waals surface area (Å²) in [4.78, 5) is 3.87. The molecule has 6 heteroatoms. The summed E-state index contributed by atoms with van der Waals surface area (Å²) in [5.74, 6) is 0.272. The van der Waals surface area contributed by atoms with E-state index in [0.717, 1.165) is 12.8 Å². The molecule has 0 aromatic heterocycles. The third-order valence-corrected chi connectivity index (χ3v) is 2.61. The van der Waals surface area contributed by atoms with Gasteiger partial charge in [-0.15, -0.1) is 0 Å². The summed E-state index contributed by atoms with van der Waals surface area (Å²) >= 11 is 0. The van der Waals surface area contributed by atoms with E-state index in [-0.39, 0.29) is 18.9 Å². The highest BCUT2D eigenvalue weighted by Gasteiger charge is 2.25. The smallest absolute Gasteiger partial charge is 0.370 e. The molecule has 94 valence electrons. The van der Waals surface area contributed by atoms with E-state index in [1.807, 2.05) is 0 Å². The van der Waals surface area contributed by atoms with Gasteiger partial charge >= 0.3 is 6.18 Å². The van der Waals surface area contributed by atoms with Crippen molar-refractivity contribution in [2.24, 2.45) is 10.7 Å². The van der Waals surface area contributed by atoms with Crippen molar-refractivity contribution in [1.82, 2.24) is 5.32 Å². The van der Waals surface area contributed by atoms with Crippen LogP contribution < -0.4 is 11.1 Å². The number of nitrogens with two attached hydrogens (primary N) is 1. The van der Waals surface area contributed by atoms with Crippen molar-refractivity contribution < 1.29 is 13.2 Å². The second-order valence-electron chi connectivity index (χ2n) is 4.11. The van der Waals surface area contributed by atoms with Crippen molar-refractivity contribution in [3.05, 3.63) is 0 Å². The zero-order valence-corrected chi connectivity index (χ0v) is 9.19. The van der Waals surface area contributed by atoms with E-state index in [2.05, 4.69) is 10.3 Å². The largest absolute Gasteiger partial charge is 0.389 e. The number of guanidine groups is 1. The molecule has 3 nitrogen and oxygen atoms in total. The Morgan fingerprint density at radius 2 is 1.94 bits per heavy atom. The maximum absolute atomic E-state index is 11.8. The molecule has 0 amide bonds. The molecule has 0 radical (unpaired) electrons. The summed E-state index contributed by atoms with van der Waals surface area (Å²) in [5, 5.41) is 3.02. The first-order chi connectivity index (χ1) is 7.47. The Bertz CT molecular complexity index is 232. The van der Waals surface area contributed by atoms with Gasteiger partial charge in [0.1, 0.15) is 0 Å². The van der Waals surface area contributed by atoms with Gasteiger partial charge in [-0.05, 0) is 19.3 Å². The topological polar surface area (TPSA) is 50.4 Å². The van der Waals surface area contributed by atoms with Crippen LogP contribution in [0.5, 0.6) is 0 Å². The van der Waals surface area contributed by atoms with Gasteiger partial charge in [-0.3, -0.25) is 4.99 Å². The molecule has 1 aliphatic carbocycles. The number of hydrogen-bond acceptors (Lipinski definition) is 1. The number of aliphatic imine (C=N–C) groups is 1. The quantitative estimate of drug-likeness (QED) is 0.447. The number of halogens is 3. The summed E-state index contributed by atoms with van der Waals surface area (Å²) in [6.07, 6.45) is -0.400. The van der Waals surface area contributed by atoms with Gasteiger partial charge in [0.05, 0.1) is 0 Å². The molecule has 0 saturated heterocycles. The van der Waals surface area contributed by atoms with Crippen LogP contribution in [0.2, 0.25) is 0 Å². The van der Waals surface area contributed by atoms with Crippen molar-refractivity contribution in [1.29, 1.82) is 0 Å². The fraction of sp³-hybridized carbons (Fsp3) is 0.900. The van der Waals surface area contributed by atoms with Gasteiger partial charge in [0, 0.05) is 19.0 Å². The Hall–Kier alpha value is -0.940. The van der Waals surface area contributed by atoms with Crippen LogP contribution in [0, 0.1) is 0 Å². The van der Waals surface area contributed by atoms with Crippen LogP contribution in [-0.4, -0.2) is 24.7 Å². The van der Waals surface area contributed by atoms with Crippen LogP contribution in [0.1, 0.15) is 38.5 Å². The lowest BCUT2D eigenvalue weighted by Crippen LogP contribution is -2.38. The summed E-state index contributed by atoms with van der Waals surface area (Å²) in [6, 6.07) is 0.353. The Kier molecular flexibility index (Phi) is 4.89. The first kappa shape index (κ1) is 13.1. The monoisotopic (exact) mass is 237 g/mol. The molecule has 0 spiro atoms. The number of alkyl halides is 3. The Balaban J connectivity index is 2.13. The van der Waals surface area contributed by atoms with E-state index in [1.165, 1.54) is 12.8 Å². The van der Waals surface area contributed by atoms with Gasteiger partial charge in [0.15, 0.2) is 5.96 Å². The highest BCUT2D eigenvalue weighted by molar-refractivity contribution is 5.78. The molecule has 0 unspecified atom stereocenters. The number of nitrogens with one attached hydrogen (secondary N) is 1. The summed E-state index contributed by atoms with van der Waals surface area (Å²) in [6.45, 7) is 0.130. The molecule has 0 aromatic rings. The van der Waals surface area contributed by atoms with E-state index >= 15 is 0 Å². The van der Waals surface area contributed by atoms with Crippen molar-refractivity contribution in [2.45, 2.75) is 50.7 Å². The molecule has 0 aliphatic heterocycles. The van der Waals surface area contributed by atoms with Crippen molar-refractivity contribution >= 4 is 5.96 Å². The predicted molar refractivity (Wildman–Crippen MR) is 57.2 cm³/mol. The number of hydrogen-bond donors (Lipinski definition) is 2. The van der Waals surface area contributed by atoms with Crippen LogP contribution in [0.4, 0.5) is 13.2 Å². The van der Waals surface area contributed by atoms with Crippen molar-refractivity contribution in [3.8, 4) is 0 Å². The summed E-state index contributed by atoms with van der Waals surface area (Å²) < 4.78 is 35.4. The van der Waals surface area contributed by atoms with Gasteiger partial charge in [-0.1, -0.05) is 12.8 Å².